The number of esters is 1. The van der Waals surface area contributed by atoms with Crippen LogP contribution in [0.3, 0.4) is 0 Å². The molecule has 0 saturated carbocycles. The molecular weight excluding hydrogens is 924 g/mol. The molecule has 0 spiro atoms. The number of halogens is 7. The van der Waals surface area contributed by atoms with Gasteiger partial charge in [-0.05, 0) is 94.6 Å². The normalized spacial score (nSPS) is 17.5. The van der Waals surface area contributed by atoms with Crippen LogP contribution < -0.4 is 24.8 Å². The van der Waals surface area contributed by atoms with Gasteiger partial charge in [0.05, 0.1) is 27.8 Å². The molecule has 2 heterocycles. The van der Waals surface area contributed by atoms with Gasteiger partial charge >= 0.3 is 11.9 Å². The molecule has 4 atom stereocenters. The molecule has 18 heteroatoms. The van der Waals surface area contributed by atoms with Crippen molar-refractivity contribution in [2.45, 2.75) is 76.7 Å². The van der Waals surface area contributed by atoms with Crippen LogP contribution >= 0.6 is 23.2 Å². The van der Waals surface area contributed by atoms with Crippen molar-refractivity contribution in [1.82, 2.24) is 15.5 Å². The van der Waals surface area contributed by atoms with Crippen molar-refractivity contribution < 1.29 is 60.4 Å². The Balaban J connectivity index is 0.000000198. The van der Waals surface area contributed by atoms with Crippen molar-refractivity contribution in [2.75, 3.05) is 20.1 Å². The van der Waals surface area contributed by atoms with Crippen molar-refractivity contribution in [3.63, 3.8) is 0 Å². The van der Waals surface area contributed by atoms with Gasteiger partial charge in [-0.25, -0.2) is 18.0 Å². The minimum Gasteiger partial charge on any atom is -0.489 e. The van der Waals surface area contributed by atoms with E-state index in [1.165, 1.54) is 6.07 Å². The number of carboxylic acid groups (broad SMARTS) is 1. The molecule has 0 bridgehead atoms. The molecule has 356 valence electrons. The smallest absolute Gasteiger partial charge is 0.343 e. The first-order valence-electron chi connectivity index (χ1n) is 21.1. The molecule has 5 aromatic carbocycles. The summed E-state index contributed by atoms with van der Waals surface area (Å²) in [5, 5.41) is 15.1. The lowest BCUT2D eigenvalue weighted by Crippen LogP contribution is -2.47. The fraction of sp³-hybridized carbons (Fsp3) is 0.306. The monoisotopic (exact) mass is 971 g/mol. The molecule has 2 aliphatic heterocycles. The summed E-state index contributed by atoms with van der Waals surface area (Å²) in [6.45, 7) is 8.60. The lowest BCUT2D eigenvalue weighted by Gasteiger charge is -2.27. The second kappa shape index (κ2) is 23.5. The number of carbonyl (C=O) groups is 4. The predicted molar refractivity (Wildman–Crippen MR) is 242 cm³/mol. The average Bonchev–Trinajstić information content (AvgIpc) is 4.00. The van der Waals surface area contributed by atoms with E-state index < -0.39 is 58.9 Å². The van der Waals surface area contributed by atoms with Crippen molar-refractivity contribution in [3.05, 3.63) is 158 Å². The Morgan fingerprint density at radius 1 is 0.687 bits per heavy atom. The Bertz CT molecular complexity index is 2530. The van der Waals surface area contributed by atoms with Gasteiger partial charge in [0, 0.05) is 31.0 Å². The summed E-state index contributed by atoms with van der Waals surface area (Å²) in [7, 11) is 1.60. The number of likely N-dealkylation sites (tertiary alicyclic amines) is 1. The molecule has 7 rings (SSSR count). The Hall–Kier alpha value is -6.23. The Morgan fingerprint density at radius 2 is 1.16 bits per heavy atom. The van der Waals surface area contributed by atoms with E-state index in [-0.39, 0.29) is 52.2 Å². The van der Waals surface area contributed by atoms with Crippen LogP contribution in [0.1, 0.15) is 84.2 Å². The van der Waals surface area contributed by atoms with Crippen molar-refractivity contribution in [2.24, 2.45) is 0 Å². The molecule has 2 fully saturated rings. The molecule has 0 radical (unpaired) electrons. The topological polar surface area (TPSA) is 144 Å². The van der Waals surface area contributed by atoms with E-state index in [2.05, 4.69) is 15.4 Å². The Kier molecular flexibility index (Phi) is 18.1. The fourth-order valence-electron chi connectivity index (χ4n) is 7.52. The number of hydrogen-bond acceptors (Lipinski definition) is 8. The number of nitrogens with zero attached hydrogens (tertiary/aromatic N) is 1. The van der Waals surface area contributed by atoms with Gasteiger partial charge < -0.3 is 34.9 Å². The lowest BCUT2D eigenvalue weighted by atomic mass is 9.91. The van der Waals surface area contributed by atoms with Crippen LogP contribution in [0.4, 0.5) is 22.0 Å². The first-order valence-corrected chi connectivity index (χ1v) is 21.8. The summed E-state index contributed by atoms with van der Waals surface area (Å²) in [6.07, 6.45) is 1.42. The van der Waals surface area contributed by atoms with Gasteiger partial charge in [0.1, 0.15) is 23.6 Å². The van der Waals surface area contributed by atoms with Gasteiger partial charge in [-0.1, -0.05) is 83.9 Å². The lowest BCUT2D eigenvalue weighted by molar-refractivity contribution is -0.139. The highest BCUT2D eigenvalue weighted by Gasteiger charge is 2.42. The molecule has 0 unspecified atom stereocenters. The maximum Gasteiger partial charge on any atom is 0.343 e. The molecular formula is C49H48Cl2F5N3O8. The van der Waals surface area contributed by atoms with E-state index in [1.807, 2.05) is 74.5 Å². The zero-order valence-electron chi connectivity index (χ0n) is 36.9. The second-order valence-electron chi connectivity index (χ2n) is 15.9. The fourth-order valence-corrected chi connectivity index (χ4v) is 7.97. The number of nitrogens with one attached hydrogen (secondary N) is 2. The van der Waals surface area contributed by atoms with Gasteiger partial charge in [-0.2, -0.15) is 8.78 Å². The maximum atomic E-state index is 13.5. The third-order valence-corrected chi connectivity index (χ3v) is 11.1. The first-order chi connectivity index (χ1) is 31.8. The van der Waals surface area contributed by atoms with Gasteiger partial charge in [0.15, 0.2) is 0 Å². The minimum atomic E-state index is -2.35. The largest absolute Gasteiger partial charge is 0.489 e. The van der Waals surface area contributed by atoms with E-state index in [9.17, 15) is 41.1 Å². The van der Waals surface area contributed by atoms with E-state index in [0.29, 0.717) is 22.9 Å². The van der Waals surface area contributed by atoms with E-state index in [4.69, 9.17) is 37.8 Å². The van der Waals surface area contributed by atoms with E-state index >= 15 is 0 Å². The van der Waals surface area contributed by atoms with Crippen LogP contribution in [-0.2, 0) is 9.59 Å². The zero-order chi connectivity index (χ0) is 49.1. The molecule has 0 aliphatic carbocycles. The van der Waals surface area contributed by atoms with Gasteiger partial charge in [-0.15, -0.1) is 0 Å². The third kappa shape index (κ3) is 12.8. The third-order valence-electron chi connectivity index (χ3n) is 10.6. The number of carboxylic acids is 1. The van der Waals surface area contributed by atoms with E-state index in [1.54, 1.807) is 44.0 Å². The highest BCUT2D eigenvalue weighted by Crippen LogP contribution is 2.36. The Morgan fingerprint density at radius 3 is 1.64 bits per heavy atom. The summed E-state index contributed by atoms with van der Waals surface area (Å²) >= 11 is 12.2. The molecule has 2 saturated heterocycles. The molecule has 2 amide bonds. The van der Waals surface area contributed by atoms with Gasteiger partial charge in [-0.3, -0.25) is 14.4 Å². The molecule has 2 aliphatic rings. The quantitative estimate of drug-likeness (QED) is 0.0388. The summed E-state index contributed by atoms with van der Waals surface area (Å²) in [4.78, 5) is 50.3. The van der Waals surface area contributed by atoms with Crippen molar-refractivity contribution in [1.29, 1.82) is 0 Å². The molecule has 5 aromatic rings. The number of benzene rings is 5. The van der Waals surface area contributed by atoms with Crippen LogP contribution in [0, 0.1) is 29.1 Å². The van der Waals surface area contributed by atoms with Crippen LogP contribution in [0.15, 0.2) is 97.1 Å². The minimum absolute atomic E-state index is 0.000520. The SMILES string of the molecule is CC(C)Oc1ccc(C(=O)Oc2c(F)c(F)c(F)c(F)c2F)cc1Cl.CNC(=O)[C@@H]1[C@@H](c2ccccc2)CCN1C(=O)c1ccc(OC(C)C)c(Cl)c1.O=C(O)[C@H]1NCC[C@@H]1c1ccccc1. The zero-order valence-corrected chi connectivity index (χ0v) is 38.4. The van der Waals surface area contributed by atoms with Crippen molar-refractivity contribution >= 4 is 47.0 Å². The number of hydrogen-bond donors (Lipinski definition) is 3. The number of ether oxygens (including phenoxy) is 3. The molecule has 3 N–H and O–H groups in total. The predicted octanol–water partition coefficient (Wildman–Crippen LogP) is 10.1. The van der Waals surface area contributed by atoms with Crippen LogP contribution in [0.5, 0.6) is 17.2 Å². The summed E-state index contributed by atoms with van der Waals surface area (Å²) < 4.78 is 81.5. The van der Waals surface area contributed by atoms with Crippen molar-refractivity contribution in [3.8, 4) is 17.2 Å². The molecule has 0 aromatic heterocycles. The number of likely N-dealkylation sites (N-methyl/N-ethyl adjacent to an activating group) is 1. The first kappa shape index (κ1) is 51.7. The highest BCUT2D eigenvalue weighted by atomic mass is 35.5. The standard InChI is InChI=1S/C22H25ClN2O3.C16H10ClF5O3.C11H13NO2/c1-14(2)28-19-10-9-16(13-18(19)23)22(27)25-12-11-17(20(25)21(26)24-3)15-7-5-4-6-8-15;1-6(2)24-9-4-3-7(5-8(9)17)16(23)25-15-13(21)11(19)10(18)12(20)14(15)22;13-11(14)10-9(6-7-12-10)8-4-2-1-3-5-8/h4-10,13-14,17,20H,11-12H2,1-3H3,(H,24,26);3-6H,1-2H3;1-5,9-10,12H,6-7H2,(H,13,14)/t17-,20+;;9-,10+/m1.1/s1. The second-order valence-corrected chi connectivity index (χ2v) is 16.7. The number of amides is 2. The van der Waals surface area contributed by atoms with Gasteiger partial charge in [0.2, 0.25) is 40.7 Å². The van der Waals surface area contributed by atoms with Crippen LogP contribution in [0.2, 0.25) is 10.0 Å². The number of carbonyl (C=O) groups excluding carboxylic acids is 3. The number of aliphatic carboxylic acids is 1. The molecule has 67 heavy (non-hydrogen) atoms. The maximum absolute atomic E-state index is 13.5. The molecule has 11 nitrogen and oxygen atoms in total. The average molecular weight is 973 g/mol. The summed E-state index contributed by atoms with van der Waals surface area (Å²) in [5.74, 6) is -14.6. The van der Waals surface area contributed by atoms with Crippen LogP contribution in [0.25, 0.3) is 0 Å². The van der Waals surface area contributed by atoms with E-state index in [0.717, 1.165) is 42.6 Å². The Labute approximate surface area is 394 Å². The summed E-state index contributed by atoms with van der Waals surface area (Å²) in [5.41, 5.74) is 2.35. The summed E-state index contributed by atoms with van der Waals surface area (Å²) in [6, 6.07) is 27.3. The highest BCUT2D eigenvalue weighted by molar-refractivity contribution is 6.32. The van der Waals surface area contributed by atoms with Crippen LogP contribution in [-0.4, -0.2) is 78.2 Å². The van der Waals surface area contributed by atoms with Gasteiger partial charge in [0.25, 0.3) is 5.91 Å². The number of rotatable bonds is 11.